The summed E-state index contributed by atoms with van der Waals surface area (Å²) >= 11 is 0. The number of rotatable bonds is 8. The molecule has 0 aliphatic rings. The van der Waals surface area contributed by atoms with E-state index >= 15 is 0 Å². The van der Waals surface area contributed by atoms with E-state index in [4.69, 9.17) is 9.47 Å². The molecule has 2 unspecified atom stereocenters. The Morgan fingerprint density at radius 3 is 2.35 bits per heavy atom. The Balaban J connectivity index is 2.79. The van der Waals surface area contributed by atoms with Crippen LogP contribution in [0.2, 0.25) is 0 Å². The highest BCUT2D eigenvalue weighted by Gasteiger charge is 2.30. The van der Waals surface area contributed by atoms with Crippen LogP contribution in [0.4, 0.5) is 4.79 Å². The third-order valence-electron chi connectivity index (χ3n) is 3.11. The van der Waals surface area contributed by atoms with Gasteiger partial charge in [0, 0.05) is 13.7 Å². The highest BCUT2D eigenvalue weighted by Crippen LogP contribution is 2.21. The number of benzene rings is 1. The monoisotopic (exact) mass is 326 g/mol. The van der Waals surface area contributed by atoms with Crippen molar-refractivity contribution in [1.29, 1.82) is 0 Å². The van der Waals surface area contributed by atoms with Crippen LogP contribution in [0.25, 0.3) is 0 Å². The lowest BCUT2D eigenvalue weighted by Gasteiger charge is -2.22. The maximum absolute atomic E-state index is 11.8. The number of hydrogen-bond acceptors (Lipinski definition) is 6. The Labute approximate surface area is 134 Å². The van der Waals surface area contributed by atoms with Gasteiger partial charge in [-0.3, -0.25) is 0 Å². The molecule has 23 heavy (non-hydrogen) atoms. The molecule has 0 radical (unpaired) electrons. The molecule has 2 atom stereocenters. The molecule has 0 bridgehead atoms. The Morgan fingerprint density at radius 1 is 1.17 bits per heavy atom. The second kappa shape index (κ2) is 9.65. The van der Waals surface area contributed by atoms with Gasteiger partial charge >= 0.3 is 12.0 Å². The molecule has 0 fully saturated rings. The summed E-state index contributed by atoms with van der Waals surface area (Å²) in [6.45, 7) is 0.603. The van der Waals surface area contributed by atoms with E-state index in [1.54, 1.807) is 24.3 Å². The lowest BCUT2D eigenvalue weighted by molar-refractivity contribution is -0.146. The minimum Gasteiger partial charge on any atom is -0.497 e. The molecule has 0 aliphatic carbocycles. The SMILES string of the molecule is COCCNC(=O)NC(C(=O)OC)C(O)c1ccc(OC)cc1. The van der Waals surface area contributed by atoms with Gasteiger partial charge < -0.3 is 30.0 Å². The second-order valence-electron chi connectivity index (χ2n) is 4.61. The maximum atomic E-state index is 11.8. The third-order valence-corrected chi connectivity index (χ3v) is 3.11. The molecular formula is C15H22N2O6. The van der Waals surface area contributed by atoms with Crippen LogP contribution in [0.1, 0.15) is 11.7 Å². The first kappa shape index (κ1) is 18.7. The summed E-state index contributed by atoms with van der Waals surface area (Å²) in [4.78, 5) is 23.6. The van der Waals surface area contributed by atoms with Gasteiger partial charge in [-0.1, -0.05) is 12.1 Å². The van der Waals surface area contributed by atoms with Gasteiger partial charge in [-0.25, -0.2) is 9.59 Å². The first-order chi connectivity index (χ1) is 11.0. The van der Waals surface area contributed by atoms with E-state index in [1.165, 1.54) is 21.3 Å². The predicted molar refractivity (Wildman–Crippen MR) is 82.2 cm³/mol. The molecule has 0 saturated carbocycles. The molecule has 128 valence electrons. The standard InChI is InChI=1S/C15H22N2O6/c1-21-9-8-16-15(20)17-12(14(19)23-3)13(18)10-4-6-11(22-2)7-5-10/h4-7,12-13,18H,8-9H2,1-3H3,(H2,16,17,20). The van der Waals surface area contributed by atoms with Crippen molar-refractivity contribution in [2.24, 2.45) is 0 Å². The quantitative estimate of drug-likeness (QED) is 0.466. The number of aliphatic hydroxyl groups excluding tert-OH is 1. The van der Waals surface area contributed by atoms with Gasteiger partial charge in [0.05, 0.1) is 20.8 Å². The molecule has 0 saturated heterocycles. The fourth-order valence-corrected chi connectivity index (χ4v) is 1.85. The minimum atomic E-state index is -1.26. The van der Waals surface area contributed by atoms with Crippen LogP contribution in [0.5, 0.6) is 5.75 Å². The van der Waals surface area contributed by atoms with Crippen LogP contribution in [-0.4, -0.2) is 57.6 Å². The highest BCUT2D eigenvalue weighted by molar-refractivity contribution is 5.84. The van der Waals surface area contributed by atoms with Crippen molar-refractivity contribution >= 4 is 12.0 Å². The molecule has 1 aromatic carbocycles. The molecule has 2 amide bonds. The minimum absolute atomic E-state index is 0.273. The first-order valence-corrected chi connectivity index (χ1v) is 6.96. The Hall–Kier alpha value is -2.32. The van der Waals surface area contributed by atoms with Crippen LogP contribution in [0, 0.1) is 0 Å². The molecule has 8 heteroatoms. The van der Waals surface area contributed by atoms with Crippen LogP contribution >= 0.6 is 0 Å². The topological polar surface area (TPSA) is 106 Å². The maximum Gasteiger partial charge on any atom is 0.331 e. The number of aliphatic hydroxyl groups is 1. The van der Waals surface area contributed by atoms with Crippen molar-refractivity contribution in [2.45, 2.75) is 12.1 Å². The molecule has 0 heterocycles. The largest absolute Gasteiger partial charge is 0.497 e. The van der Waals surface area contributed by atoms with Gasteiger partial charge in [-0.2, -0.15) is 0 Å². The van der Waals surface area contributed by atoms with Crippen LogP contribution in [-0.2, 0) is 14.3 Å². The predicted octanol–water partition coefficient (Wildman–Crippen LogP) is 0.216. The summed E-state index contributed by atoms with van der Waals surface area (Å²) in [5.41, 5.74) is 0.443. The molecule has 3 N–H and O–H groups in total. The van der Waals surface area contributed by atoms with Gasteiger partial charge in [-0.15, -0.1) is 0 Å². The summed E-state index contributed by atoms with van der Waals surface area (Å²) in [5, 5.41) is 15.3. The first-order valence-electron chi connectivity index (χ1n) is 6.96. The number of hydrogen-bond donors (Lipinski definition) is 3. The van der Waals surface area contributed by atoms with E-state index in [2.05, 4.69) is 15.4 Å². The third kappa shape index (κ3) is 5.76. The highest BCUT2D eigenvalue weighted by atomic mass is 16.5. The summed E-state index contributed by atoms with van der Waals surface area (Å²) in [6.07, 6.45) is -1.26. The summed E-state index contributed by atoms with van der Waals surface area (Å²) < 4.78 is 14.5. The van der Waals surface area contributed by atoms with Crippen molar-refractivity contribution in [2.75, 3.05) is 34.5 Å². The van der Waals surface area contributed by atoms with Crippen molar-refractivity contribution in [3.05, 3.63) is 29.8 Å². The molecule has 1 rings (SSSR count). The molecule has 0 aliphatic heterocycles. The number of nitrogens with one attached hydrogen (secondary N) is 2. The molecule has 8 nitrogen and oxygen atoms in total. The van der Waals surface area contributed by atoms with Crippen molar-refractivity contribution < 1.29 is 28.9 Å². The van der Waals surface area contributed by atoms with Gasteiger partial charge in [0.1, 0.15) is 11.9 Å². The average Bonchev–Trinajstić information content (AvgIpc) is 2.58. The van der Waals surface area contributed by atoms with Crippen molar-refractivity contribution in [1.82, 2.24) is 10.6 Å². The molecule has 0 aromatic heterocycles. The van der Waals surface area contributed by atoms with Gasteiger partial charge in [-0.05, 0) is 17.7 Å². The zero-order valence-electron chi connectivity index (χ0n) is 13.4. The zero-order chi connectivity index (χ0) is 17.2. The second-order valence-corrected chi connectivity index (χ2v) is 4.61. The number of carbonyl (C=O) groups is 2. The fourth-order valence-electron chi connectivity index (χ4n) is 1.85. The lowest BCUT2D eigenvalue weighted by Crippen LogP contribution is -2.50. The summed E-state index contributed by atoms with van der Waals surface area (Å²) in [6, 6.07) is 4.64. The van der Waals surface area contributed by atoms with Crippen LogP contribution < -0.4 is 15.4 Å². The van der Waals surface area contributed by atoms with Gasteiger partial charge in [0.15, 0.2) is 6.04 Å². The molecular weight excluding hydrogens is 304 g/mol. The van der Waals surface area contributed by atoms with E-state index in [0.717, 1.165) is 0 Å². The number of methoxy groups -OCH3 is 3. The average molecular weight is 326 g/mol. The lowest BCUT2D eigenvalue weighted by atomic mass is 10.0. The summed E-state index contributed by atoms with van der Waals surface area (Å²) in [7, 11) is 4.21. The number of carbonyl (C=O) groups excluding carboxylic acids is 2. The Morgan fingerprint density at radius 2 is 1.83 bits per heavy atom. The van der Waals surface area contributed by atoms with Crippen LogP contribution in [0.3, 0.4) is 0 Å². The van der Waals surface area contributed by atoms with Crippen molar-refractivity contribution in [3.63, 3.8) is 0 Å². The number of amides is 2. The van der Waals surface area contributed by atoms with E-state index in [1.807, 2.05) is 0 Å². The fraction of sp³-hybridized carbons (Fsp3) is 0.467. The molecule has 1 aromatic rings. The number of urea groups is 1. The van der Waals surface area contributed by atoms with E-state index in [9.17, 15) is 14.7 Å². The normalized spacial score (nSPS) is 12.9. The Kier molecular flexibility index (Phi) is 7.86. The Bertz CT molecular complexity index is 505. The number of esters is 1. The van der Waals surface area contributed by atoms with Crippen LogP contribution in [0.15, 0.2) is 24.3 Å². The van der Waals surface area contributed by atoms with E-state index < -0.39 is 24.1 Å². The van der Waals surface area contributed by atoms with E-state index in [-0.39, 0.29) is 6.54 Å². The summed E-state index contributed by atoms with van der Waals surface area (Å²) in [5.74, 6) is -0.143. The molecule has 0 spiro atoms. The van der Waals surface area contributed by atoms with Crippen molar-refractivity contribution in [3.8, 4) is 5.75 Å². The number of ether oxygens (including phenoxy) is 3. The smallest absolute Gasteiger partial charge is 0.331 e. The van der Waals surface area contributed by atoms with E-state index in [0.29, 0.717) is 17.9 Å². The van der Waals surface area contributed by atoms with Gasteiger partial charge in [0.2, 0.25) is 0 Å². The zero-order valence-corrected chi connectivity index (χ0v) is 13.4. The van der Waals surface area contributed by atoms with Gasteiger partial charge in [0.25, 0.3) is 0 Å².